The molecule has 0 aliphatic carbocycles. The van der Waals surface area contributed by atoms with E-state index >= 15 is 0 Å². The van der Waals surface area contributed by atoms with E-state index in [0.29, 0.717) is 11.6 Å². The largest absolute Gasteiger partial charge is 0.274 e. The summed E-state index contributed by atoms with van der Waals surface area (Å²) in [5, 5.41) is 4.63. The number of hydrogen-bond donors (Lipinski definition) is 0. The van der Waals surface area contributed by atoms with Crippen LogP contribution in [0.25, 0.3) is 10.9 Å². The van der Waals surface area contributed by atoms with Crippen molar-refractivity contribution in [2.24, 2.45) is 5.92 Å². The van der Waals surface area contributed by atoms with Crippen LogP contribution in [0.2, 0.25) is 0 Å². The number of carbonyl (C=O) groups is 1. The fraction of sp³-hybridized carbons (Fsp3) is 0.385. The number of benzene rings is 1. The van der Waals surface area contributed by atoms with Crippen molar-refractivity contribution >= 4 is 27.7 Å². The zero-order valence-corrected chi connectivity index (χ0v) is 10.7. The summed E-state index contributed by atoms with van der Waals surface area (Å²) in [6.45, 7) is 5.14. The van der Waals surface area contributed by atoms with E-state index in [1.165, 1.54) is 0 Å². The minimum atomic E-state index is -0.496. The van der Waals surface area contributed by atoms with Crippen LogP contribution in [-0.2, 0) is 6.54 Å². The summed E-state index contributed by atoms with van der Waals surface area (Å²) in [6.07, 6.45) is 1.03. The highest BCUT2D eigenvalue weighted by Gasteiger charge is 2.14. The van der Waals surface area contributed by atoms with Crippen LogP contribution in [0.5, 0.6) is 0 Å². The number of rotatable bonds is 4. The molecule has 0 radical (unpaired) electrons. The molecule has 90 valence electrons. The first-order valence-electron chi connectivity index (χ1n) is 5.75. The SMILES string of the molecule is CC(C)CCn1nc(C(=O)Cl)c2ccccc21. The van der Waals surface area contributed by atoms with E-state index in [2.05, 4.69) is 18.9 Å². The van der Waals surface area contributed by atoms with Gasteiger partial charge < -0.3 is 0 Å². The van der Waals surface area contributed by atoms with Gasteiger partial charge in [0, 0.05) is 11.9 Å². The third-order valence-electron chi connectivity index (χ3n) is 2.76. The summed E-state index contributed by atoms with van der Waals surface area (Å²) in [4.78, 5) is 11.3. The monoisotopic (exact) mass is 250 g/mol. The van der Waals surface area contributed by atoms with Crippen molar-refractivity contribution in [1.82, 2.24) is 9.78 Å². The molecule has 0 N–H and O–H groups in total. The van der Waals surface area contributed by atoms with Crippen LogP contribution in [0.4, 0.5) is 0 Å². The summed E-state index contributed by atoms with van der Waals surface area (Å²) < 4.78 is 1.87. The van der Waals surface area contributed by atoms with Crippen molar-refractivity contribution < 1.29 is 4.79 Å². The van der Waals surface area contributed by atoms with E-state index in [0.717, 1.165) is 23.9 Å². The van der Waals surface area contributed by atoms with E-state index in [1.54, 1.807) is 0 Å². The van der Waals surface area contributed by atoms with Gasteiger partial charge in [0.25, 0.3) is 5.24 Å². The number of fused-ring (bicyclic) bond motifs is 1. The summed E-state index contributed by atoms with van der Waals surface area (Å²) in [5.74, 6) is 0.605. The van der Waals surface area contributed by atoms with Crippen molar-refractivity contribution in [2.75, 3.05) is 0 Å². The molecule has 1 heterocycles. The smallest absolute Gasteiger partial charge is 0.273 e. The molecular weight excluding hydrogens is 236 g/mol. The molecule has 0 bridgehead atoms. The lowest BCUT2D eigenvalue weighted by molar-refractivity contribution is 0.107. The maximum Gasteiger partial charge on any atom is 0.273 e. The van der Waals surface area contributed by atoms with Crippen LogP contribution >= 0.6 is 11.6 Å². The van der Waals surface area contributed by atoms with Gasteiger partial charge in [-0.15, -0.1) is 0 Å². The predicted octanol–water partition coefficient (Wildman–Crippen LogP) is 3.46. The Balaban J connectivity index is 2.45. The fourth-order valence-electron chi connectivity index (χ4n) is 1.82. The second kappa shape index (κ2) is 4.88. The first-order valence-corrected chi connectivity index (χ1v) is 6.12. The molecule has 0 fully saturated rings. The molecule has 2 rings (SSSR count). The molecule has 0 aliphatic heterocycles. The van der Waals surface area contributed by atoms with E-state index in [4.69, 9.17) is 11.6 Å². The van der Waals surface area contributed by atoms with Crippen LogP contribution in [0.3, 0.4) is 0 Å². The first kappa shape index (κ1) is 12.1. The summed E-state index contributed by atoms with van der Waals surface area (Å²) in [5.41, 5.74) is 1.32. The minimum Gasteiger partial charge on any atom is -0.274 e. The molecule has 1 aromatic carbocycles. The van der Waals surface area contributed by atoms with Crippen molar-refractivity contribution in [3.63, 3.8) is 0 Å². The number of para-hydroxylation sites is 1. The third-order valence-corrected chi connectivity index (χ3v) is 2.94. The molecule has 0 spiro atoms. The molecule has 0 saturated heterocycles. The summed E-state index contributed by atoms with van der Waals surface area (Å²) in [7, 11) is 0. The predicted molar refractivity (Wildman–Crippen MR) is 69.4 cm³/mol. The zero-order chi connectivity index (χ0) is 12.4. The lowest BCUT2D eigenvalue weighted by Crippen LogP contribution is -2.04. The van der Waals surface area contributed by atoms with Gasteiger partial charge in [0.15, 0.2) is 5.69 Å². The lowest BCUT2D eigenvalue weighted by Gasteiger charge is -2.05. The Hall–Kier alpha value is -1.35. The average Bonchev–Trinajstić information content (AvgIpc) is 2.65. The van der Waals surface area contributed by atoms with Crippen LogP contribution in [0.15, 0.2) is 24.3 Å². The molecule has 1 aromatic heterocycles. The van der Waals surface area contributed by atoms with Gasteiger partial charge in [-0.05, 0) is 30.0 Å². The van der Waals surface area contributed by atoms with Crippen LogP contribution in [-0.4, -0.2) is 15.0 Å². The molecule has 4 heteroatoms. The van der Waals surface area contributed by atoms with Gasteiger partial charge in [-0.3, -0.25) is 9.48 Å². The van der Waals surface area contributed by atoms with E-state index < -0.39 is 5.24 Å². The molecule has 0 amide bonds. The maximum absolute atomic E-state index is 11.3. The number of aryl methyl sites for hydroxylation is 1. The third kappa shape index (κ3) is 2.50. The molecule has 17 heavy (non-hydrogen) atoms. The van der Waals surface area contributed by atoms with Crippen LogP contribution in [0.1, 0.15) is 30.8 Å². The topological polar surface area (TPSA) is 34.9 Å². The fourth-order valence-corrected chi connectivity index (χ4v) is 1.96. The number of hydrogen-bond acceptors (Lipinski definition) is 2. The van der Waals surface area contributed by atoms with Crippen LogP contribution < -0.4 is 0 Å². The highest BCUT2D eigenvalue weighted by atomic mass is 35.5. The molecule has 0 unspecified atom stereocenters. The molecule has 0 atom stereocenters. The number of carbonyl (C=O) groups excluding carboxylic acids is 1. The molecule has 3 nitrogen and oxygen atoms in total. The second-order valence-electron chi connectivity index (χ2n) is 4.55. The lowest BCUT2D eigenvalue weighted by atomic mass is 10.1. The van der Waals surface area contributed by atoms with Crippen molar-refractivity contribution in [3.05, 3.63) is 30.0 Å². The zero-order valence-electron chi connectivity index (χ0n) is 9.98. The van der Waals surface area contributed by atoms with Crippen molar-refractivity contribution in [2.45, 2.75) is 26.8 Å². The number of aromatic nitrogens is 2. The normalized spacial score (nSPS) is 11.3. The minimum absolute atomic E-state index is 0.353. The standard InChI is InChI=1S/C13H15ClN2O/c1-9(2)7-8-16-11-6-4-3-5-10(11)12(15-16)13(14)17/h3-6,9H,7-8H2,1-2H3. The average molecular weight is 251 g/mol. The number of halogens is 1. The molecule has 0 aliphatic rings. The van der Waals surface area contributed by atoms with Crippen molar-refractivity contribution in [3.8, 4) is 0 Å². The molecular formula is C13H15ClN2O. The maximum atomic E-state index is 11.3. The Morgan fingerprint density at radius 3 is 2.76 bits per heavy atom. The molecule has 2 aromatic rings. The van der Waals surface area contributed by atoms with Gasteiger partial charge in [0.2, 0.25) is 0 Å². The highest BCUT2D eigenvalue weighted by Crippen LogP contribution is 2.20. The van der Waals surface area contributed by atoms with E-state index in [9.17, 15) is 4.79 Å². The van der Waals surface area contributed by atoms with Gasteiger partial charge in [-0.2, -0.15) is 5.10 Å². The first-order chi connectivity index (χ1) is 8.09. The Morgan fingerprint density at radius 1 is 1.41 bits per heavy atom. The van der Waals surface area contributed by atoms with Crippen LogP contribution in [0, 0.1) is 5.92 Å². The van der Waals surface area contributed by atoms with Gasteiger partial charge in [0.1, 0.15) is 0 Å². The Labute approximate surface area is 105 Å². The quantitative estimate of drug-likeness (QED) is 0.779. The Kier molecular flexibility index (Phi) is 3.48. The van der Waals surface area contributed by atoms with Gasteiger partial charge in [-0.1, -0.05) is 32.0 Å². The van der Waals surface area contributed by atoms with Gasteiger partial charge in [-0.25, -0.2) is 0 Å². The number of nitrogens with zero attached hydrogens (tertiary/aromatic N) is 2. The molecule has 0 saturated carbocycles. The second-order valence-corrected chi connectivity index (χ2v) is 4.89. The Morgan fingerprint density at radius 2 is 2.12 bits per heavy atom. The van der Waals surface area contributed by atoms with E-state index in [1.807, 2.05) is 28.9 Å². The van der Waals surface area contributed by atoms with Crippen molar-refractivity contribution in [1.29, 1.82) is 0 Å². The van der Waals surface area contributed by atoms with Gasteiger partial charge >= 0.3 is 0 Å². The van der Waals surface area contributed by atoms with Gasteiger partial charge in [0.05, 0.1) is 5.52 Å². The van der Waals surface area contributed by atoms with E-state index in [-0.39, 0.29) is 0 Å². The summed E-state index contributed by atoms with van der Waals surface area (Å²) >= 11 is 5.54. The summed E-state index contributed by atoms with van der Waals surface area (Å²) in [6, 6.07) is 7.67. The Bertz CT molecular complexity index is 545. The highest BCUT2D eigenvalue weighted by molar-refractivity contribution is 6.68.